The van der Waals surface area contributed by atoms with Crippen molar-refractivity contribution in [3.63, 3.8) is 0 Å². The minimum absolute atomic E-state index is 0.303. The van der Waals surface area contributed by atoms with Gasteiger partial charge < -0.3 is 14.7 Å². The van der Waals surface area contributed by atoms with Crippen molar-refractivity contribution in [2.45, 2.75) is 58.1 Å². The fourth-order valence-electron chi connectivity index (χ4n) is 4.44. The largest absolute Gasteiger partial charge is 0.396 e. The summed E-state index contributed by atoms with van der Waals surface area (Å²) in [5.41, 5.74) is 1.90. The smallest absolute Gasteiger partial charge is 0.146 e. The second kappa shape index (κ2) is 9.67. The molecule has 31 heavy (non-hydrogen) atoms. The first kappa shape index (κ1) is 22.2. The van der Waals surface area contributed by atoms with Crippen LogP contribution in [0.5, 0.6) is 0 Å². The van der Waals surface area contributed by atoms with E-state index in [1.54, 1.807) is 0 Å². The molecule has 1 fully saturated rings. The molecule has 3 aromatic heterocycles. The van der Waals surface area contributed by atoms with Gasteiger partial charge in [0.15, 0.2) is 0 Å². The van der Waals surface area contributed by atoms with E-state index in [1.165, 1.54) is 12.8 Å². The predicted molar refractivity (Wildman–Crippen MR) is 130 cm³/mol. The van der Waals surface area contributed by atoms with Crippen LogP contribution in [0, 0.1) is 5.92 Å². The Morgan fingerprint density at radius 3 is 2.61 bits per heavy atom. The van der Waals surface area contributed by atoms with Gasteiger partial charge in [-0.15, -0.1) is 0 Å². The Morgan fingerprint density at radius 1 is 1.10 bits per heavy atom. The maximum atomic E-state index is 9.09. The van der Waals surface area contributed by atoms with Crippen LogP contribution in [0.2, 0.25) is 25.7 Å². The second-order valence-corrected chi connectivity index (χ2v) is 15.6. The van der Waals surface area contributed by atoms with Gasteiger partial charge in [-0.25, -0.2) is 9.97 Å². The van der Waals surface area contributed by atoms with Crippen LogP contribution in [0.4, 0.5) is 5.82 Å². The van der Waals surface area contributed by atoms with E-state index in [0.29, 0.717) is 13.3 Å². The fraction of sp³-hybridized carbons (Fsp3) is 0.583. The Bertz CT molecular complexity index is 1010. The van der Waals surface area contributed by atoms with Crippen LogP contribution in [0.1, 0.15) is 25.7 Å². The molecule has 168 valence electrons. The van der Waals surface area contributed by atoms with Crippen molar-refractivity contribution < 1.29 is 9.84 Å². The molecule has 0 atom stereocenters. The third kappa shape index (κ3) is 5.27. The Kier molecular flexibility index (Phi) is 6.94. The fourth-order valence-corrected chi connectivity index (χ4v) is 5.20. The minimum atomic E-state index is -1.12. The molecule has 0 amide bonds. The number of ether oxygens (including phenoxy) is 1. The average Bonchev–Trinajstić information content (AvgIpc) is 3.08. The van der Waals surface area contributed by atoms with Crippen molar-refractivity contribution in [1.82, 2.24) is 14.5 Å². The summed E-state index contributed by atoms with van der Waals surface area (Å²) in [5, 5.41) is 11.4. The highest BCUT2D eigenvalue weighted by atomic mass is 28.3. The number of hydrogen-bond acceptors (Lipinski definition) is 5. The third-order valence-electron chi connectivity index (χ3n) is 6.37. The third-order valence-corrected chi connectivity index (χ3v) is 8.08. The zero-order chi connectivity index (χ0) is 21.8. The first-order valence-corrected chi connectivity index (χ1v) is 15.3. The number of aliphatic hydroxyl groups is 1. The minimum Gasteiger partial charge on any atom is -0.396 e. The molecular weight excluding hydrogens is 404 g/mol. The second-order valence-electron chi connectivity index (χ2n) is 9.99. The molecule has 0 unspecified atom stereocenters. The van der Waals surface area contributed by atoms with Crippen molar-refractivity contribution in [1.29, 1.82) is 0 Å². The highest BCUT2D eigenvalue weighted by Gasteiger charge is 2.21. The van der Waals surface area contributed by atoms with E-state index in [-0.39, 0.29) is 0 Å². The molecule has 3 aromatic rings. The van der Waals surface area contributed by atoms with Crippen LogP contribution in [-0.2, 0) is 11.5 Å². The number of aromatic nitrogens is 3. The number of anilines is 1. The Labute approximate surface area is 186 Å². The van der Waals surface area contributed by atoms with Gasteiger partial charge >= 0.3 is 0 Å². The lowest BCUT2D eigenvalue weighted by atomic mass is 9.92. The molecule has 0 spiro atoms. The SMILES string of the molecule is C[Si](C)(C)CCOCn1c2ncccc2c2ccc(N3CCC(CCCO)CC3)nc21. The quantitative estimate of drug-likeness (QED) is 0.379. The van der Waals surface area contributed by atoms with E-state index in [1.807, 2.05) is 12.3 Å². The number of aliphatic hydroxyl groups excluding tert-OH is 1. The molecule has 1 N–H and O–H groups in total. The van der Waals surface area contributed by atoms with Gasteiger partial charge in [0.2, 0.25) is 0 Å². The summed E-state index contributed by atoms with van der Waals surface area (Å²) in [6.45, 7) is 10.8. The molecule has 0 aromatic carbocycles. The van der Waals surface area contributed by atoms with Gasteiger partial charge in [0.05, 0.1) is 0 Å². The van der Waals surface area contributed by atoms with Gasteiger partial charge in [-0.05, 0) is 61.9 Å². The Balaban J connectivity index is 1.56. The van der Waals surface area contributed by atoms with Crippen LogP contribution in [0.25, 0.3) is 22.1 Å². The zero-order valence-electron chi connectivity index (χ0n) is 19.2. The van der Waals surface area contributed by atoms with Gasteiger partial charge in [-0.3, -0.25) is 4.57 Å². The topological polar surface area (TPSA) is 63.4 Å². The maximum Gasteiger partial charge on any atom is 0.146 e. The number of pyridine rings is 2. The van der Waals surface area contributed by atoms with Gasteiger partial charge in [0.25, 0.3) is 0 Å². The van der Waals surface area contributed by atoms with Crippen molar-refractivity contribution in [2.75, 3.05) is 31.2 Å². The number of rotatable bonds is 9. The molecular formula is C24H36N4O2Si. The Morgan fingerprint density at radius 2 is 1.87 bits per heavy atom. The van der Waals surface area contributed by atoms with E-state index in [0.717, 1.165) is 72.4 Å². The first-order chi connectivity index (χ1) is 15.0. The zero-order valence-corrected chi connectivity index (χ0v) is 20.2. The van der Waals surface area contributed by atoms with Gasteiger partial charge in [0.1, 0.15) is 23.8 Å². The van der Waals surface area contributed by atoms with Crippen LogP contribution in [0.3, 0.4) is 0 Å². The van der Waals surface area contributed by atoms with E-state index < -0.39 is 8.07 Å². The van der Waals surface area contributed by atoms with Crippen molar-refractivity contribution in [3.05, 3.63) is 30.5 Å². The van der Waals surface area contributed by atoms with Crippen molar-refractivity contribution >= 4 is 36.0 Å². The number of piperidine rings is 1. The monoisotopic (exact) mass is 440 g/mol. The van der Waals surface area contributed by atoms with Crippen molar-refractivity contribution in [2.24, 2.45) is 5.92 Å². The molecule has 0 bridgehead atoms. The normalized spacial score (nSPS) is 15.9. The lowest BCUT2D eigenvalue weighted by Crippen LogP contribution is -2.34. The maximum absolute atomic E-state index is 9.09. The highest BCUT2D eigenvalue weighted by molar-refractivity contribution is 6.76. The summed E-state index contributed by atoms with van der Waals surface area (Å²) >= 11 is 0. The highest BCUT2D eigenvalue weighted by Crippen LogP contribution is 2.30. The van der Waals surface area contributed by atoms with Gasteiger partial charge in [-0.1, -0.05) is 19.6 Å². The standard InChI is InChI=1S/C24H36N4O2Si/c1-31(2,3)17-16-30-18-28-23-20(7-4-12-25-23)21-8-9-22(26-24(21)28)27-13-10-19(11-14-27)6-5-15-29/h4,7-9,12,19,29H,5-6,10-11,13-18H2,1-3H3. The van der Waals surface area contributed by atoms with Crippen LogP contribution < -0.4 is 4.90 Å². The first-order valence-electron chi connectivity index (χ1n) is 11.6. The molecule has 0 radical (unpaired) electrons. The Hall–Kier alpha value is -1.96. The summed E-state index contributed by atoms with van der Waals surface area (Å²) in [7, 11) is -1.12. The van der Waals surface area contributed by atoms with Crippen LogP contribution >= 0.6 is 0 Å². The molecule has 0 saturated carbocycles. The molecule has 6 nitrogen and oxygen atoms in total. The molecule has 7 heteroatoms. The van der Waals surface area contributed by atoms with Crippen molar-refractivity contribution in [3.8, 4) is 0 Å². The molecule has 1 aliphatic rings. The van der Waals surface area contributed by atoms with E-state index in [2.05, 4.69) is 52.3 Å². The number of fused-ring (bicyclic) bond motifs is 3. The van der Waals surface area contributed by atoms with Crippen LogP contribution in [-0.4, -0.2) is 54.0 Å². The van der Waals surface area contributed by atoms with E-state index >= 15 is 0 Å². The summed E-state index contributed by atoms with van der Waals surface area (Å²) < 4.78 is 8.22. The van der Waals surface area contributed by atoms with E-state index in [9.17, 15) is 0 Å². The summed E-state index contributed by atoms with van der Waals surface area (Å²) in [6, 6.07) is 9.61. The number of nitrogens with zero attached hydrogens (tertiary/aromatic N) is 4. The average molecular weight is 441 g/mol. The molecule has 1 saturated heterocycles. The molecule has 4 rings (SSSR count). The number of hydrogen-bond donors (Lipinski definition) is 1. The van der Waals surface area contributed by atoms with Crippen LogP contribution in [0.15, 0.2) is 30.5 Å². The van der Waals surface area contributed by atoms with Gasteiger partial charge in [-0.2, -0.15) is 0 Å². The molecule has 0 aliphatic carbocycles. The molecule has 4 heterocycles. The lowest BCUT2D eigenvalue weighted by Gasteiger charge is -2.32. The lowest BCUT2D eigenvalue weighted by molar-refractivity contribution is 0.0922. The summed E-state index contributed by atoms with van der Waals surface area (Å²) in [4.78, 5) is 12.1. The van der Waals surface area contributed by atoms with E-state index in [4.69, 9.17) is 14.8 Å². The molecule has 1 aliphatic heterocycles. The summed E-state index contributed by atoms with van der Waals surface area (Å²) in [5.74, 6) is 1.77. The summed E-state index contributed by atoms with van der Waals surface area (Å²) in [6.07, 6.45) is 6.23. The van der Waals surface area contributed by atoms with Gasteiger partial charge in [0, 0.05) is 51.3 Å². The predicted octanol–water partition coefficient (Wildman–Crippen LogP) is 4.89.